The first kappa shape index (κ1) is 18.0. The van der Waals surface area contributed by atoms with Crippen molar-refractivity contribution >= 4 is 11.8 Å². The van der Waals surface area contributed by atoms with Gasteiger partial charge in [0.2, 0.25) is 11.8 Å². The van der Waals surface area contributed by atoms with Crippen molar-refractivity contribution in [2.24, 2.45) is 7.05 Å². The minimum absolute atomic E-state index is 0.0776. The van der Waals surface area contributed by atoms with E-state index in [-0.39, 0.29) is 17.9 Å². The second-order valence-electron chi connectivity index (χ2n) is 7.69. The summed E-state index contributed by atoms with van der Waals surface area (Å²) in [5.74, 6) is -0.00714. The van der Waals surface area contributed by atoms with Crippen molar-refractivity contribution in [3.05, 3.63) is 17.0 Å². The Morgan fingerprint density at radius 3 is 2.40 bits per heavy atom. The molecule has 0 radical (unpaired) electrons. The van der Waals surface area contributed by atoms with Crippen LogP contribution in [-0.2, 0) is 16.6 Å². The van der Waals surface area contributed by atoms with Crippen molar-refractivity contribution < 1.29 is 9.59 Å². The van der Waals surface area contributed by atoms with Gasteiger partial charge in [0.1, 0.15) is 5.54 Å². The van der Waals surface area contributed by atoms with E-state index in [4.69, 9.17) is 0 Å². The summed E-state index contributed by atoms with van der Waals surface area (Å²) in [4.78, 5) is 27.4. The summed E-state index contributed by atoms with van der Waals surface area (Å²) < 4.78 is 1.90. The normalized spacial score (nSPS) is 22.9. The lowest BCUT2D eigenvalue weighted by molar-refractivity contribution is -0.144. The van der Waals surface area contributed by atoms with Gasteiger partial charge in [-0.05, 0) is 39.5 Å². The van der Waals surface area contributed by atoms with Crippen LogP contribution in [0.2, 0.25) is 0 Å². The third kappa shape index (κ3) is 3.18. The molecule has 0 bridgehead atoms. The quantitative estimate of drug-likeness (QED) is 0.914. The maximum absolute atomic E-state index is 13.6. The number of nitrogens with zero attached hydrogens (tertiary/aromatic N) is 3. The van der Waals surface area contributed by atoms with Crippen molar-refractivity contribution in [2.75, 3.05) is 6.54 Å². The van der Waals surface area contributed by atoms with Crippen molar-refractivity contribution in [3.8, 4) is 0 Å². The van der Waals surface area contributed by atoms with E-state index >= 15 is 0 Å². The predicted octanol–water partition coefficient (Wildman–Crippen LogP) is 2.54. The summed E-state index contributed by atoms with van der Waals surface area (Å²) in [6.07, 6.45) is 6.60. The number of carbonyl (C=O) groups is 2. The van der Waals surface area contributed by atoms with E-state index in [1.807, 2.05) is 23.6 Å². The molecule has 1 saturated heterocycles. The number of hydrogen-bond acceptors (Lipinski definition) is 3. The Balaban J connectivity index is 1.92. The van der Waals surface area contributed by atoms with Crippen LogP contribution in [0.3, 0.4) is 0 Å². The number of aryl methyl sites for hydroxylation is 2. The van der Waals surface area contributed by atoms with Crippen molar-refractivity contribution in [3.63, 3.8) is 0 Å². The third-order valence-corrected chi connectivity index (χ3v) is 5.94. The minimum Gasteiger partial charge on any atom is -0.342 e. The fraction of sp³-hybridized carbons (Fsp3) is 0.737. The molecule has 2 aliphatic rings. The number of aromatic nitrogens is 2. The van der Waals surface area contributed by atoms with Gasteiger partial charge in [-0.1, -0.05) is 19.3 Å². The smallest absolute Gasteiger partial charge is 0.248 e. The standard InChI is InChI=1S/C19H30N4O2/c1-13-17(14(2)22(4)21-13)16-9-8-12-23(16)18(25)19(20-15(3)24)10-6-5-7-11-19/h16H,5-12H2,1-4H3,(H,20,24)/t16-/m1/s1. The van der Waals surface area contributed by atoms with Gasteiger partial charge in [-0.2, -0.15) is 5.10 Å². The molecular formula is C19H30N4O2. The highest BCUT2D eigenvalue weighted by atomic mass is 16.2. The molecule has 1 aromatic rings. The van der Waals surface area contributed by atoms with E-state index in [2.05, 4.69) is 17.3 Å². The van der Waals surface area contributed by atoms with Crippen molar-refractivity contribution in [2.45, 2.75) is 77.3 Å². The van der Waals surface area contributed by atoms with Gasteiger partial charge >= 0.3 is 0 Å². The minimum atomic E-state index is -0.712. The lowest BCUT2D eigenvalue weighted by Gasteiger charge is -2.41. The van der Waals surface area contributed by atoms with Crippen molar-refractivity contribution in [1.82, 2.24) is 20.0 Å². The Bertz CT molecular complexity index is 673. The molecule has 2 heterocycles. The molecule has 2 amide bonds. The van der Waals surface area contributed by atoms with E-state index < -0.39 is 5.54 Å². The van der Waals surface area contributed by atoms with E-state index in [0.717, 1.165) is 62.9 Å². The van der Waals surface area contributed by atoms with Crippen LogP contribution in [0.15, 0.2) is 0 Å². The maximum Gasteiger partial charge on any atom is 0.248 e. The summed E-state index contributed by atoms with van der Waals surface area (Å²) in [6, 6.07) is 0.0776. The van der Waals surface area contributed by atoms with Gasteiger partial charge in [-0.25, -0.2) is 0 Å². The molecule has 1 aliphatic heterocycles. The average Bonchev–Trinajstić information content (AvgIpc) is 3.12. The van der Waals surface area contributed by atoms with Crippen LogP contribution in [0.25, 0.3) is 0 Å². The Morgan fingerprint density at radius 1 is 1.16 bits per heavy atom. The summed E-state index contributed by atoms with van der Waals surface area (Å²) in [6.45, 7) is 6.37. The molecule has 0 aromatic carbocycles. The summed E-state index contributed by atoms with van der Waals surface area (Å²) in [5, 5.41) is 7.56. The van der Waals surface area contributed by atoms with E-state index in [0.29, 0.717) is 0 Å². The van der Waals surface area contributed by atoms with E-state index in [1.165, 1.54) is 12.5 Å². The lowest BCUT2D eigenvalue weighted by Crippen LogP contribution is -2.60. The largest absolute Gasteiger partial charge is 0.342 e. The molecule has 3 rings (SSSR count). The van der Waals surface area contributed by atoms with Gasteiger partial charge in [0.15, 0.2) is 0 Å². The first-order valence-electron chi connectivity index (χ1n) is 9.45. The molecular weight excluding hydrogens is 316 g/mol. The highest BCUT2D eigenvalue weighted by Gasteiger charge is 2.46. The fourth-order valence-corrected chi connectivity index (χ4v) is 4.74. The Kier molecular flexibility index (Phi) is 4.89. The molecule has 0 unspecified atom stereocenters. The van der Waals surface area contributed by atoms with Crippen LogP contribution in [0.5, 0.6) is 0 Å². The molecule has 1 atom stereocenters. The molecule has 1 saturated carbocycles. The Morgan fingerprint density at radius 2 is 1.84 bits per heavy atom. The molecule has 25 heavy (non-hydrogen) atoms. The zero-order chi connectivity index (χ0) is 18.2. The first-order chi connectivity index (χ1) is 11.9. The Hall–Kier alpha value is -1.85. The topological polar surface area (TPSA) is 67.2 Å². The van der Waals surface area contributed by atoms with Crippen LogP contribution < -0.4 is 5.32 Å². The Labute approximate surface area is 149 Å². The maximum atomic E-state index is 13.6. The highest BCUT2D eigenvalue weighted by molar-refractivity contribution is 5.91. The molecule has 1 aromatic heterocycles. The molecule has 6 nitrogen and oxygen atoms in total. The van der Waals surface area contributed by atoms with Crippen LogP contribution in [0, 0.1) is 13.8 Å². The van der Waals surface area contributed by atoms with Gasteiger partial charge in [-0.15, -0.1) is 0 Å². The molecule has 1 N–H and O–H groups in total. The second-order valence-corrected chi connectivity index (χ2v) is 7.69. The summed E-state index contributed by atoms with van der Waals surface area (Å²) in [7, 11) is 1.95. The van der Waals surface area contributed by atoms with Crippen LogP contribution in [0.1, 0.15) is 74.9 Å². The molecule has 6 heteroatoms. The van der Waals surface area contributed by atoms with Crippen LogP contribution in [0.4, 0.5) is 0 Å². The molecule has 138 valence electrons. The average molecular weight is 346 g/mol. The van der Waals surface area contributed by atoms with Gasteiger partial charge < -0.3 is 10.2 Å². The zero-order valence-corrected chi connectivity index (χ0v) is 15.9. The second kappa shape index (κ2) is 6.81. The zero-order valence-electron chi connectivity index (χ0n) is 15.9. The fourth-order valence-electron chi connectivity index (χ4n) is 4.74. The van der Waals surface area contributed by atoms with E-state index in [1.54, 1.807) is 0 Å². The molecule has 1 aliphatic carbocycles. The van der Waals surface area contributed by atoms with E-state index in [9.17, 15) is 9.59 Å². The third-order valence-electron chi connectivity index (χ3n) is 5.94. The monoisotopic (exact) mass is 346 g/mol. The van der Waals surface area contributed by atoms with Crippen LogP contribution in [-0.4, -0.2) is 38.6 Å². The van der Waals surface area contributed by atoms with Crippen molar-refractivity contribution in [1.29, 1.82) is 0 Å². The lowest BCUT2D eigenvalue weighted by atomic mass is 9.80. The first-order valence-corrected chi connectivity index (χ1v) is 9.45. The molecule has 2 fully saturated rings. The number of hydrogen-bond donors (Lipinski definition) is 1. The van der Waals surface area contributed by atoms with Gasteiger partial charge in [0.25, 0.3) is 0 Å². The SMILES string of the molecule is CC(=O)NC1(C(=O)N2CCC[C@@H]2c2c(C)nn(C)c2C)CCCCC1. The summed E-state index contributed by atoms with van der Waals surface area (Å²) >= 11 is 0. The number of nitrogens with one attached hydrogen (secondary N) is 1. The van der Waals surface area contributed by atoms with Gasteiger partial charge in [0, 0.05) is 31.8 Å². The molecule has 0 spiro atoms. The number of likely N-dealkylation sites (tertiary alicyclic amines) is 1. The van der Waals surface area contributed by atoms with Crippen LogP contribution >= 0.6 is 0 Å². The summed E-state index contributed by atoms with van der Waals surface area (Å²) in [5.41, 5.74) is 2.60. The predicted molar refractivity (Wildman–Crippen MR) is 96.0 cm³/mol. The highest BCUT2D eigenvalue weighted by Crippen LogP contribution is 2.39. The number of amides is 2. The van der Waals surface area contributed by atoms with Gasteiger partial charge in [0.05, 0.1) is 11.7 Å². The number of rotatable bonds is 3. The number of carbonyl (C=O) groups excluding carboxylic acids is 2. The van der Waals surface area contributed by atoms with Gasteiger partial charge in [-0.3, -0.25) is 14.3 Å².